The molecule has 0 unspecified atom stereocenters. The third-order valence-corrected chi connectivity index (χ3v) is 7.82. The minimum atomic E-state index is -0.205. The zero-order valence-corrected chi connectivity index (χ0v) is 24.1. The number of benzene rings is 3. The van der Waals surface area contributed by atoms with Crippen LogP contribution in [0.1, 0.15) is 54.9 Å². The molecule has 0 radical (unpaired) electrons. The normalized spacial score (nSPS) is 14.5. The number of carbonyl (C=O) groups excluding carboxylic acids is 2. The van der Waals surface area contributed by atoms with E-state index < -0.39 is 0 Å². The lowest BCUT2D eigenvalue weighted by atomic mass is 9.99. The second kappa shape index (κ2) is 12.0. The molecule has 2 heterocycles. The molecule has 40 heavy (non-hydrogen) atoms. The first-order chi connectivity index (χ1) is 19.3. The van der Waals surface area contributed by atoms with Crippen molar-refractivity contribution in [3.05, 3.63) is 95.3 Å². The number of amides is 2. The molecule has 0 aliphatic carbocycles. The van der Waals surface area contributed by atoms with E-state index in [1.165, 1.54) is 17.3 Å². The molecule has 0 saturated carbocycles. The molecule has 0 spiro atoms. The van der Waals surface area contributed by atoms with Crippen LogP contribution in [-0.4, -0.2) is 37.5 Å². The summed E-state index contributed by atoms with van der Waals surface area (Å²) in [5.41, 5.74) is 7.21. The van der Waals surface area contributed by atoms with E-state index in [-0.39, 0.29) is 17.7 Å². The van der Waals surface area contributed by atoms with Crippen LogP contribution in [0, 0.1) is 13.8 Å². The Kier molecular flexibility index (Phi) is 8.26. The Morgan fingerprint density at radius 2 is 1.73 bits per heavy atom. The Morgan fingerprint density at radius 3 is 2.45 bits per heavy atom. The van der Waals surface area contributed by atoms with Crippen LogP contribution in [0.4, 0.5) is 5.69 Å². The zero-order valence-electron chi connectivity index (χ0n) is 23.3. The molecule has 8 heteroatoms. The van der Waals surface area contributed by atoms with Crippen molar-refractivity contribution >= 4 is 34.4 Å². The van der Waals surface area contributed by atoms with E-state index in [0.29, 0.717) is 29.6 Å². The number of nitrogens with zero attached hydrogens (tertiary/aromatic N) is 5. The van der Waals surface area contributed by atoms with Crippen LogP contribution in [0.3, 0.4) is 0 Å². The van der Waals surface area contributed by atoms with Crippen LogP contribution in [-0.2, 0) is 16.0 Å². The molecular formula is C32H33N5O2S. The second-order valence-corrected chi connectivity index (χ2v) is 11.4. The Balaban J connectivity index is 1.19. The molecule has 7 nitrogen and oxygen atoms in total. The van der Waals surface area contributed by atoms with Crippen molar-refractivity contribution in [3.63, 3.8) is 0 Å². The van der Waals surface area contributed by atoms with E-state index in [4.69, 9.17) is 0 Å². The van der Waals surface area contributed by atoms with E-state index in [2.05, 4.69) is 72.2 Å². The van der Waals surface area contributed by atoms with Crippen molar-refractivity contribution in [2.45, 2.75) is 52.9 Å². The lowest BCUT2D eigenvalue weighted by Gasteiger charge is -2.22. The largest absolute Gasteiger partial charge is 0.273 e. The van der Waals surface area contributed by atoms with Gasteiger partial charge in [0.25, 0.3) is 0 Å². The summed E-state index contributed by atoms with van der Waals surface area (Å²) in [5, 5.41) is 5.09. The number of anilines is 1. The summed E-state index contributed by atoms with van der Waals surface area (Å²) in [4.78, 5) is 36.0. The summed E-state index contributed by atoms with van der Waals surface area (Å²) in [5.74, 6) is 0.963. The monoisotopic (exact) mass is 551 g/mol. The minimum absolute atomic E-state index is 0.0395. The number of aryl methyl sites for hydroxylation is 3. The molecule has 4 aromatic rings. The highest BCUT2D eigenvalue weighted by Crippen LogP contribution is 2.34. The summed E-state index contributed by atoms with van der Waals surface area (Å²) < 4.78 is 1.77. The molecule has 1 fully saturated rings. The number of rotatable bonds is 8. The van der Waals surface area contributed by atoms with Crippen molar-refractivity contribution in [3.8, 4) is 17.1 Å². The number of hydrogen-bond acceptors (Lipinski definition) is 5. The van der Waals surface area contributed by atoms with E-state index >= 15 is 0 Å². The molecule has 1 saturated heterocycles. The molecule has 204 valence electrons. The highest BCUT2D eigenvalue weighted by Gasteiger charge is 2.32. The first-order valence-electron chi connectivity index (χ1n) is 13.5. The van der Waals surface area contributed by atoms with Crippen molar-refractivity contribution in [2.24, 2.45) is 4.99 Å². The average molecular weight is 552 g/mol. The Bertz CT molecular complexity index is 1560. The van der Waals surface area contributed by atoms with Crippen LogP contribution >= 0.6 is 11.8 Å². The Morgan fingerprint density at radius 1 is 1.00 bits per heavy atom. The van der Waals surface area contributed by atoms with Gasteiger partial charge in [0, 0.05) is 12.0 Å². The first kappa shape index (κ1) is 27.5. The number of aliphatic imine (C=N–C) groups is 1. The second-order valence-electron chi connectivity index (χ2n) is 10.4. The van der Waals surface area contributed by atoms with Gasteiger partial charge in [0.15, 0.2) is 11.0 Å². The van der Waals surface area contributed by atoms with Gasteiger partial charge in [-0.25, -0.2) is 9.67 Å². The van der Waals surface area contributed by atoms with E-state index in [1.807, 2.05) is 37.3 Å². The van der Waals surface area contributed by atoms with Gasteiger partial charge in [0.1, 0.15) is 6.33 Å². The lowest BCUT2D eigenvalue weighted by Crippen LogP contribution is -2.31. The molecule has 5 rings (SSSR count). The van der Waals surface area contributed by atoms with Crippen LogP contribution in [0.2, 0.25) is 0 Å². The standard InChI is InChI=1S/C32H33N5O2S/c1-21(2)27-17-10-23(4)18-28(27)37-30(39)19-40-32(37)34-29(38)7-5-6-24-11-13-25(14-12-24)31-33-20-36(35-31)26-15-8-22(3)9-16-26/h8-18,20-21H,5-7,19H2,1-4H3. The maximum Gasteiger partial charge on any atom is 0.248 e. The quantitative estimate of drug-likeness (QED) is 0.245. The van der Waals surface area contributed by atoms with Crippen molar-refractivity contribution in [1.29, 1.82) is 0 Å². The molecule has 1 aliphatic rings. The van der Waals surface area contributed by atoms with Crippen LogP contribution in [0.5, 0.6) is 0 Å². The van der Waals surface area contributed by atoms with Gasteiger partial charge in [-0.1, -0.05) is 79.7 Å². The topological polar surface area (TPSA) is 80.4 Å². The SMILES string of the molecule is Cc1ccc(-n2cnc(-c3ccc(CCCC(=O)N=C4SCC(=O)N4c4cc(C)ccc4C(C)C)cc3)n2)cc1. The van der Waals surface area contributed by atoms with Crippen LogP contribution in [0.15, 0.2) is 78.0 Å². The fourth-order valence-corrected chi connectivity index (χ4v) is 5.54. The lowest BCUT2D eigenvalue weighted by molar-refractivity contribution is -0.117. The molecule has 0 atom stereocenters. The van der Waals surface area contributed by atoms with E-state index in [9.17, 15) is 9.59 Å². The number of amidine groups is 1. The number of carbonyl (C=O) groups is 2. The summed E-state index contributed by atoms with van der Waals surface area (Å²) in [6.07, 6.45) is 3.48. The van der Waals surface area contributed by atoms with Crippen molar-refractivity contribution in [2.75, 3.05) is 10.7 Å². The van der Waals surface area contributed by atoms with Gasteiger partial charge in [0.2, 0.25) is 11.8 Å². The van der Waals surface area contributed by atoms with Gasteiger partial charge in [-0.05, 0) is 67.5 Å². The summed E-state index contributed by atoms with van der Waals surface area (Å²) in [7, 11) is 0. The fourth-order valence-electron chi connectivity index (χ4n) is 4.66. The fraction of sp³-hybridized carbons (Fsp3) is 0.281. The third kappa shape index (κ3) is 6.23. The van der Waals surface area contributed by atoms with Crippen molar-refractivity contribution in [1.82, 2.24) is 14.8 Å². The molecular weight excluding hydrogens is 518 g/mol. The summed E-state index contributed by atoms with van der Waals surface area (Å²) in [6, 6.07) is 22.4. The molecule has 3 aromatic carbocycles. The van der Waals surface area contributed by atoms with Gasteiger partial charge in [0.05, 0.1) is 17.1 Å². The van der Waals surface area contributed by atoms with Gasteiger partial charge in [-0.3, -0.25) is 14.5 Å². The first-order valence-corrected chi connectivity index (χ1v) is 14.5. The van der Waals surface area contributed by atoms with E-state index in [0.717, 1.165) is 40.0 Å². The van der Waals surface area contributed by atoms with Gasteiger partial charge >= 0.3 is 0 Å². The summed E-state index contributed by atoms with van der Waals surface area (Å²) in [6.45, 7) is 8.26. The number of aromatic nitrogens is 3. The third-order valence-electron chi connectivity index (χ3n) is 6.89. The highest BCUT2D eigenvalue weighted by atomic mass is 32.2. The van der Waals surface area contributed by atoms with Gasteiger partial charge in [-0.15, -0.1) is 5.10 Å². The van der Waals surface area contributed by atoms with Crippen molar-refractivity contribution < 1.29 is 9.59 Å². The number of thioether (sulfide) groups is 1. The maximum atomic E-state index is 12.8. The van der Waals surface area contributed by atoms with Crippen LogP contribution < -0.4 is 4.90 Å². The predicted molar refractivity (Wildman–Crippen MR) is 162 cm³/mol. The molecule has 0 N–H and O–H groups in total. The van der Waals surface area contributed by atoms with Crippen LogP contribution in [0.25, 0.3) is 17.1 Å². The molecule has 2 amide bonds. The molecule has 0 bridgehead atoms. The predicted octanol–water partition coefficient (Wildman–Crippen LogP) is 6.66. The Hall–Kier alpha value is -4.04. The number of hydrogen-bond donors (Lipinski definition) is 0. The van der Waals surface area contributed by atoms with E-state index in [1.54, 1.807) is 15.9 Å². The molecule has 1 aliphatic heterocycles. The Labute approximate surface area is 239 Å². The minimum Gasteiger partial charge on any atom is -0.273 e. The smallest absolute Gasteiger partial charge is 0.248 e. The molecule has 1 aromatic heterocycles. The maximum absolute atomic E-state index is 12.8. The highest BCUT2D eigenvalue weighted by molar-refractivity contribution is 8.15. The van der Waals surface area contributed by atoms with Gasteiger partial charge in [-0.2, -0.15) is 4.99 Å². The zero-order chi connectivity index (χ0) is 28.2. The van der Waals surface area contributed by atoms with Gasteiger partial charge < -0.3 is 0 Å². The summed E-state index contributed by atoms with van der Waals surface area (Å²) >= 11 is 1.33. The average Bonchev–Trinajstić information content (AvgIpc) is 3.56.